The lowest BCUT2D eigenvalue weighted by Crippen LogP contribution is -2.35. The van der Waals surface area contributed by atoms with Crippen molar-refractivity contribution in [2.75, 3.05) is 7.05 Å². The van der Waals surface area contributed by atoms with Crippen molar-refractivity contribution < 1.29 is 4.79 Å². The summed E-state index contributed by atoms with van der Waals surface area (Å²) < 4.78 is 0.655. The van der Waals surface area contributed by atoms with Gasteiger partial charge in [0.15, 0.2) is 5.78 Å². The SMILES string of the molecule is Cc1cccc(CN(C)C(C)C(=O)c2ccc(Cl)s2)c1. The Morgan fingerprint density at radius 3 is 2.70 bits per heavy atom. The highest BCUT2D eigenvalue weighted by Crippen LogP contribution is 2.23. The average molecular weight is 308 g/mol. The van der Waals surface area contributed by atoms with Gasteiger partial charge in [0.25, 0.3) is 0 Å². The molecule has 0 saturated carbocycles. The maximum atomic E-state index is 12.4. The second-order valence-corrected chi connectivity index (χ2v) is 6.76. The van der Waals surface area contributed by atoms with Crippen molar-refractivity contribution in [3.8, 4) is 0 Å². The minimum absolute atomic E-state index is 0.122. The minimum atomic E-state index is -0.162. The summed E-state index contributed by atoms with van der Waals surface area (Å²) in [7, 11) is 1.97. The normalized spacial score (nSPS) is 12.7. The number of hydrogen-bond donors (Lipinski definition) is 0. The van der Waals surface area contributed by atoms with Crippen LogP contribution >= 0.6 is 22.9 Å². The largest absolute Gasteiger partial charge is 0.292 e. The molecule has 0 fully saturated rings. The monoisotopic (exact) mass is 307 g/mol. The lowest BCUT2D eigenvalue weighted by molar-refractivity contribution is 0.0866. The Morgan fingerprint density at radius 1 is 1.35 bits per heavy atom. The van der Waals surface area contributed by atoms with Crippen LogP contribution in [0.2, 0.25) is 4.34 Å². The Bertz CT molecular complexity index is 608. The second kappa shape index (κ2) is 6.53. The fraction of sp³-hybridized carbons (Fsp3) is 0.312. The molecular formula is C16H18ClNOS. The highest BCUT2D eigenvalue weighted by molar-refractivity contribution is 7.18. The van der Waals surface area contributed by atoms with Gasteiger partial charge in [-0.3, -0.25) is 9.69 Å². The minimum Gasteiger partial charge on any atom is -0.292 e. The molecule has 1 aromatic heterocycles. The number of hydrogen-bond acceptors (Lipinski definition) is 3. The lowest BCUT2D eigenvalue weighted by Gasteiger charge is -2.23. The topological polar surface area (TPSA) is 20.3 Å². The van der Waals surface area contributed by atoms with Crippen molar-refractivity contribution in [3.63, 3.8) is 0 Å². The first kappa shape index (κ1) is 15.2. The van der Waals surface area contributed by atoms with Gasteiger partial charge < -0.3 is 0 Å². The molecule has 1 unspecified atom stereocenters. The van der Waals surface area contributed by atoms with Crippen LogP contribution in [-0.2, 0) is 6.54 Å². The van der Waals surface area contributed by atoms with E-state index in [1.54, 1.807) is 12.1 Å². The number of benzene rings is 1. The average Bonchev–Trinajstić information content (AvgIpc) is 2.83. The molecule has 2 rings (SSSR count). The van der Waals surface area contributed by atoms with Crippen molar-refractivity contribution >= 4 is 28.7 Å². The molecule has 0 N–H and O–H groups in total. The Labute approximate surface area is 129 Å². The summed E-state index contributed by atoms with van der Waals surface area (Å²) >= 11 is 7.23. The summed E-state index contributed by atoms with van der Waals surface area (Å²) in [5, 5.41) is 0. The van der Waals surface area contributed by atoms with Crippen LogP contribution in [0.3, 0.4) is 0 Å². The molecule has 0 saturated heterocycles. The molecule has 1 atom stereocenters. The highest BCUT2D eigenvalue weighted by atomic mass is 35.5. The van der Waals surface area contributed by atoms with E-state index in [0.717, 1.165) is 11.4 Å². The maximum absolute atomic E-state index is 12.4. The Hall–Kier alpha value is -1.16. The Balaban J connectivity index is 2.05. The van der Waals surface area contributed by atoms with E-state index in [9.17, 15) is 4.79 Å². The first-order chi connectivity index (χ1) is 9.47. The van der Waals surface area contributed by atoms with Crippen molar-refractivity contribution in [2.45, 2.75) is 26.4 Å². The number of thiophene rings is 1. The van der Waals surface area contributed by atoms with E-state index in [2.05, 4.69) is 30.0 Å². The third-order valence-electron chi connectivity index (χ3n) is 3.37. The zero-order chi connectivity index (χ0) is 14.7. The molecule has 0 bridgehead atoms. The number of ketones is 1. The lowest BCUT2D eigenvalue weighted by atomic mass is 10.1. The van der Waals surface area contributed by atoms with E-state index < -0.39 is 0 Å². The molecular weight excluding hydrogens is 290 g/mol. The fourth-order valence-electron chi connectivity index (χ4n) is 2.09. The summed E-state index contributed by atoms with van der Waals surface area (Å²) in [5.41, 5.74) is 2.45. The van der Waals surface area contributed by atoms with Crippen molar-refractivity contribution in [3.05, 3.63) is 56.7 Å². The van der Waals surface area contributed by atoms with Crippen molar-refractivity contribution in [1.82, 2.24) is 4.90 Å². The second-order valence-electron chi connectivity index (χ2n) is 5.05. The molecule has 2 aromatic rings. The molecule has 0 aliphatic carbocycles. The zero-order valence-electron chi connectivity index (χ0n) is 11.9. The fourth-order valence-corrected chi connectivity index (χ4v) is 3.15. The van der Waals surface area contributed by atoms with E-state index in [1.165, 1.54) is 22.5 Å². The van der Waals surface area contributed by atoms with Crippen LogP contribution in [0.5, 0.6) is 0 Å². The van der Waals surface area contributed by atoms with Gasteiger partial charge in [-0.2, -0.15) is 0 Å². The summed E-state index contributed by atoms with van der Waals surface area (Å²) in [4.78, 5) is 15.1. The Morgan fingerprint density at radius 2 is 2.10 bits per heavy atom. The van der Waals surface area contributed by atoms with E-state index in [-0.39, 0.29) is 11.8 Å². The molecule has 1 heterocycles. The van der Waals surface area contributed by atoms with Crippen LogP contribution in [-0.4, -0.2) is 23.8 Å². The van der Waals surface area contributed by atoms with Gasteiger partial charge in [-0.1, -0.05) is 41.4 Å². The smallest absolute Gasteiger partial charge is 0.189 e. The molecule has 4 heteroatoms. The molecule has 1 aromatic carbocycles. The summed E-state index contributed by atoms with van der Waals surface area (Å²) in [6.07, 6.45) is 0. The van der Waals surface area contributed by atoms with Crippen LogP contribution < -0.4 is 0 Å². The van der Waals surface area contributed by atoms with Gasteiger partial charge >= 0.3 is 0 Å². The van der Waals surface area contributed by atoms with Gasteiger partial charge in [-0.25, -0.2) is 0 Å². The van der Waals surface area contributed by atoms with Gasteiger partial charge in [0, 0.05) is 6.54 Å². The number of carbonyl (C=O) groups excluding carboxylic acids is 1. The molecule has 0 spiro atoms. The Kier molecular flexibility index (Phi) is 4.97. The molecule has 0 aliphatic heterocycles. The molecule has 2 nitrogen and oxygen atoms in total. The third kappa shape index (κ3) is 3.69. The van der Waals surface area contributed by atoms with Gasteiger partial charge in [-0.05, 0) is 38.6 Å². The molecule has 0 radical (unpaired) electrons. The van der Waals surface area contributed by atoms with Gasteiger partial charge in [-0.15, -0.1) is 11.3 Å². The number of likely N-dealkylation sites (N-methyl/N-ethyl adjacent to an activating group) is 1. The van der Waals surface area contributed by atoms with E-state index in [0.29, 0.717) is 4.34 Å². The first-order valence-electron chi connectivity index (χ1n) is 6.52. The highest BCUT2D eigenvalue weighted by Gasteiger charge is 2.21. The standard InChI is InChI=1S/C16H18ClNOS/c1-11-5-4-6-13(9-11)10-18(3)12(2)16(19)14-7-8-15(17)20-14/h4-9,12H,10H2,1-3H3. The quantitative estimate of drug-likeness (QED) is 0.762. The number of carbonyl (C=O) groups is 1. The van der Waals surface area contributed by atoms with Crippen LogP contribution in [0.15, 0.2) is 36.4 Å². The van der Waals surface area contributed by atoms with Gasteiger partial charge in [0.1, 0.15) is 0 Å². The van der Waals surface area contributed by atoms with E-state index in [1.807, 2.05) is 20.0 Å². The van der Waals surface area contributed by atoms with Crippen LogP contribution in [0.4, 0.5) is 0 Å². The molecule has 0 aliphatic rings. The summed E-state index contributed by atoms with van der Waals surface area (Å²) in [5.74, 6) is 0.122. The number of halogens is 1. The predicted molar refractivity (Wildman–Crippen MR) is 85.8 cm³/mol. The van der Waals surface area contributed by atoms with Crippen LogP contribution in [0, 0.1) is 6.92 Å². The molecule has 0 amide bonds. The van der Waals surface area contributed by atoms with Gasteiger partial charge in [0.05, 0.1) is 15.3 Å². The summed E-state index contributed by atoms with van der Waals surface area (Å²) in [6, 6.07) is 11.8. The number of rotatable bonds is 5. The number of nitrogens with zero attached hydrogens (tertiary/aromatic N) is 1. The third-order valence-corrected chi connectivity index (χ3v) is 4.62. The van der Waals surface area contributed by atoms with E-state index >= 15 is 0 Å². The van der Waals surface area contributed by atoms with Crippen LogP contribution in [0.1, 0.15) is 27.7 Å². The van der Waals surface area contributed by atoms with Crippen LogP contribution in [0.25, 0.3) is 0 Å². The molecule has 106 valence electrons. The van der Waals surface area contributed by atoms with Gasteiger partial charge in [0.2, 0.25) is 0 Å². The van der Waals surface area contributed by atoms with Crippen molar-refractivity contribution in [2.24, 2.45) is 0 Å². The summed E-state index contributed by atoms with van der Waals surface area (Å²) in [6.45, 7) is 4.77. The van der Waals surface area contributed by atoms with Crippen molar-refractivity contribution in [1.29, 1.82) is 0 Å². The van der Waals surface area contributed by atoms with E-state index in [4.69, 9.17) is 11.6 Å². The zero-order valence-corrected chi connectivity index (χ0v) is 13.5. The molecule has 20 heavy (non-hydrogen) atoms. The first-order valence-corrected chi connectivity index (χ1v) is 7.72. The number of aryl methyl sites for hydroxylation is 1. The maximum Gasteiger partial charge on any atom is 0.189 e. The predicted octanol–water partition coefficient (Wildman–Crippen LogP) is 4.41. The number of Topliss-reactive ketones (excluding diaryl/α,β-unsaturated/α-hetero) is 1.